The van der Waals surface area contributed by atoms with Crippen LogP contribution in [0.1, 0.15) is 25.5 Å². The average molecular weight is 461 g/mol. The molecular formula is C21H23N3O7S. The van der Waals surface area contributed by atoms with E-state index in [1.807, 2.05) is 0 Å². The molecule has 4 N–H and O–H groups in total. The van der Waals surface area contributed by atoms with Gasteiger partial charge in [-0.15, -0.1) is 11.8 Å². The van der Waals surface area contributed by atoms with Crippen LogP contribution in [0.2, 0.25) is 0 Å². The number of fused-ring (bicyclic) bond motifs is 1. The van der Waals surface area contributed by atoms with Crippen molar-refractivity contribution in [3.63, 3.8) is 0 Å². The highest BCUT2D eigenvalue weighted by atomic mass is 32.2. The number of nitrogens with two attached hydrogens (primary N) is 1. The topological polar surface area (TPSA) is 148 Å². The number of hydrogen-bond donors (Lipinski definition) is 3. The van der Waals surface area contributed by atoms with E-state index >= 15 is 0 Å². The molecule has 1 saturated heterocycles. The molecule has 2 aliphatic rings. The van der Waals surface area contributed by atoms with E-state index < -0.39 is 41.4 Å². The third kappa shape index (κ3) is 4.63. The highest BCUT2D eigenvalue weighted by Gasteiger charge is 2.54. The van der Waals surface area contributed by atoms with E-state index in [0.717, 1.165) is 0 Å². The standard InChI is InChI=1S/C21H23N3O7S/c1-3-5-12-10-32-19-15(18(26)24(19)16(12)20(27)28)23-17(25)14(22)11-6-8-13(9-7-11)31-21(29)30-4-2/h3,5-9,14-15,19H,4,10,22H2,1-2H3,(H,23,25)(H,27,28)/b5-3+/t14-,15-,19-/m1/s1. The van der Waals surface area contributed by atoms with Gasteiger partial charge < -0.3 is 25.6 Å². The number of benzene rings is 1. The van der Waals surface area contributed by atoms with Gasteiger partial charge in [-0.25, -0.2) is 9.59 Å². The first-order valence-corrected chi connectivity index (χ1v) is 10.9. The maximum Gasteiger partial charge on any atom is 0.513 e. The second kappa shape index (κ2) is 9.88. The molecule has 0 saturated carbocycles. The van der Waals surface area contributed by atoms with Crippen LogP contribution in [0.15, 0.2) is 47.7 Å². The first-order valence-electron chi connectivity index (χ1n) is 9.82. The van der Waals surface area contributed by atoms with Crippen LogP contribution in [-0.4, -0.2) is 57.7 Å². The van der Waals surface area contributed by atoms with Gasteiger partial charge in [0.1, 0.15) is 28.9 Å². The van der Waals surface area contributed by atoms with Gasteiger partial charge in [0.05, 0.1) is 6.61 Å². The number of carboxylic acid groups (broad SMARTS) is 1. The molecule has 2 aliphatic heterocycles. The summed E-state index contributed by atoms with van der Waals surface area (Å²) >= 11 is 1.37. The lowest BCUT2D eigenvalue weighted by atomic mass is 10.0. The van der Waals surface area contributed by atoms with Gasteiger partial charge in [0.15, 0.2) is 0 Å². The van der Waals surface area contributed by atoms with Gasteiger partial charge >= 0.3 is 12.1 Å². The number of hydrogen-bond acceptors (Lipinski definition) is 8. The molecule has 170 valence electrons. The van der Waals surface area contributed by atoms with Crippen LogP contribution in [0.3, 0.4) is 0 Å². The van der Waals surface area contributed by atoms with Crippen LogP contribution < -0.4 is 15.8 Å². The lowest BCUT2D eigenvalue weighted by molar-refractivity contribution is -0.150. The highest BCUT2D eigenvalue weighted by molar-refractivity contribution is 8.00. The Balaban J connectivity index is 1.65. The van der Waals surface area contributed by atoms with Crippen LogP contribution in [-0.2, 0) is 19.1 Å². The zero-order chi connectivity index (χ0) is 23.4. The van der Waals surface area contributed by atoms with Crippen LogP contribution in [0.5, 0.6) is 5.75 Å². The predicted octanol–water partition coefficient (Wildman–Crippen LogP) is 1.54. The molecule has 2 heterocycles. The second-order valence-corrected chi connectivity index (χ2v) is 8.01. The van der Waals surface area contributed by atoms with E-state index in [1.54, 1.807) is 26.0 Å². The van der Waals surface area contributed by atoms with Crippen molar-refractivity contribution in [1.29, 1.82) is 0 Å². The fourth-order valence-corrected chi connectivity index (χ4v) is 4.67. The maximum atomic E-state index is 12.6. The van der Waals surface area contributed by atoms with Crippen molar-refractivity contribution in [3.8, 4) is 5.75 Å². The molecule has 1 fully saturated rings. The molecule has 0 unspecified atom stereocenters. The Morgan fingerprint density at radius 3 is 2.62 bits per heavy atom. The molecule has 1 aromatic carbocycles. The third-order valence-corrected chi connectivity index (χ3v) is 6.15. The minimum absolute atomic E-state index is 0.0659. The first kappa shape index (κ1) is 23.4. The number of nitrogens with one attached hydrogen (secondary N) is 1. The van der Waals surface area contributed by atoms with Crippen molar-refractivity contribution in [2.75, 3.05) is 12.4 Å². The molecule has 0 aliphatic carbocycles. The number of carbonyl (C=O) groups is 4. The summed E-state index contributed by atoms with van der Waals surface area (Å²) in [5.41, 5.74) is 6.95. The number of ether oxygens (including phenoxy) is 2. The lowest BCUT2D eigenvalue weighted by Crippen LogP contribution is -2.71. The first-order chi connectivity index (χ1) is 15.3. The van der Waals surface area contributed by atoms with Crippen molar-refractivity contribution in [3.05, 3.63) is 53.3 Å². The van der Waals surface area contributed by atoms with E-state index in [-0.39, 0.29) is 18.1 Å². The summed E-state index contributed by atoms with van der Waals surface area (Å²) in [6.45, 7) is 3.60. The molecule has 11 heteroatoms. The zero-order valence-electron chi connectivity index (χ0n) is 17.4. The number of rotatable bonds is 7. The lowest BCUT2D eigenvalue weighted by Gasteiger charge is -2.49. The molecular weight excluding hydrogens is 438 g/mol. The number of amides is 2. The van der Waals surface area contributed by atoms with Gasteiger partial charge in [-0.1, -0.05) is 24.3 Å². The molecule has 2 amide bonds. The van der Waals surface area contributed by atoms with Gasteiger partial charge in [-0.2, -0.15) is 0 Å². The molecule has 3 atom stereocenters. The Morgan fingerprint density at radius 2 is 2.03 bits per heavy atom. The summed E-state index contributed by atoms with van der Waals surface area (Å²) in [6.07, 6.45) is 2.54. The molecule has 1 aromatic rings. The Kier molecular flexibility index (Phi) is 7.21. The van der Waals surface area contributed by atoms with Crippen LogP contribution in [0, 0.1) is 0 Å². The van der Waals surface area contributed by atoms with Gasteiger partial charge in [-0.3, -0.25) is 14.5 Å². The van der Waals surface area contributed by atoms with Crippen molar-refractivity contribution in [1.82, 2.24) is 10.2 Å². The molecule has 32 heavy (non-hydrogen) atoms. The molecule has 10 nitrogen and oxygen atoms in total. The summed E-state index contributed by atoms with van der Waals surface area (Å²) in [7, 11) is 0. The van der Waals surface area contributed by atoms with Crippen molar-refractivity contribution in [2.24, 2.45) is 5.73 Å². The van der Waals surface area contributed by atoms with Gasteiger partial charge in [0.2, 0.25) is 5.91 Å². The molecule has 0 bridgehead atoms. The number of β-lactam (4-membered cyclic amide) rings is 1. The third-order valence-electron chi connectivity index (χ3n) is 4.85. The number of carboxylic acids is 1. The second-order valence-electron chi connectivity index (χ2n) is 6.91. The smallest absolute Gasteiger partial charge is 0.477 e. The number of allylic oxidation sites excluding steroid dienone is 2. The SMILES string of the molecule is C/C=C/C1=C(C(=O)O)N2C(=O)[C@@H](NC(=O)[C@H](N)c3ccc(OC(=O)OCC)cc3)[C@H]2SC1. The number of nitrogens with zero attached hydrogens (tertiary/aromatic N) is 1. The molecule has 0 aromatic heterocycles. The zero-order valence-corrected chi connectivity index (χ0v) is 18.3. The van der Waals surface area contributed by atoms with E-state index in [1.165, 1.54) is 40.9 Å². The maximum absolute atomic E-state index is 12.6. The summed E-state index contributed by atoms with van der Waals surface area (Å²) in [6, 6.07) is 4.05. The number of thioether (sulfide) groups is 1. The van der Waals surface area contributed by atoms with E-state index in [0.29, 0.717) is 16.9 Å². The monoisotopic (exact) mass is 461 g/mol. The average Bonchev–Trinajstić information content (AvgIpc) is 2.77. The van der Waals surface area contributed by atoms with Crippen molar-refractivity contribution in [2.45, 2.75) is 31.3 Å². The van der Waals surface area contributed by atoms with Crippen LogP contribution >= 0.6 is 11.8 Å². The van der Waals surface area contributed by atoms with Crippen molar-refractivity contribution < 1.29 is 33.8 Å². The van der Waals surface area contributed by atoms with E-state index in [9.17, 15) is 24.3 Å². The minimum Gasteiger partial charge on any atom is -0.477 e. The normalized spacial score (nSPS) is 21.0. The Hall–Kier alpha value is -3.31. The molecule has 3 rings (SSSR count). The summed E-state index contributed by atoms with van der Waals surface area (Å²) in [4.78, 5) is 49.5. The van der Waals surface area contributed by atoms with Crippen molar-refractivity contribution >= 4 is 35.7 Å². The highest BCUT2D eigenvalue weighted by Crippen LogP contribution is 2.40. The summed E-state index contributed by atoms with van der Waals surface area (Å²) in [5.74, 6) is -1.64. The van der Waals surface area contributed by atoms with Gasteiger partial charge in [0, 0.05) is 5.75 Å². The summed E-state index contributed by atoms with van der Waals surface area (Å²) < 4.78 is 9.65. The Morgan fingerprint density at radius 1 is 1.34 bits per heavy atom. The quantitative estimate of drug-likeness (QED) is 0.312. The predicted molar refractivity (Wildman–Crippen MR) is 116 cm³/mol. The van der Waals surface area contributed by atoms with Gasteiger partial charge in [0.25, 0.3) is 5.91 Å². The molecule has 0 spiro atoms. The largest absolute Gasteiger partial charge is 0.513 e. The minimum atomic E-state index is -1.19. The molecule has 0 radical (unpaired) electrons. The van der Waals surface area contributed by atoms with Gasteiger partial charge in [-0.05, 0) is 37.1 Å². The fraction of sp³-hybridized carbons (Fsp3) is 0.333. The van der Waals surface area contributed by atoms with E-state index in [4.69, 9.17) is 10.5 Å². The van der Waals surface area contributed by atoms with E-state index in [2.05, 4.69) is 10.1 Å². The number of carbonyl (C=O) groups excluding carboxylic acids is 3. The van der Waals surface area contributed by atoms with Crippen LogP contribution in [0.25, 0.3) is 0 Å². The fourth-order valence-electron chi connectivity index (χ4n) is 3.35. The Labute approximate surface area is 188 Å². The van der Waals surface area contributed by atoms with Crippen LogP contribution in [0.4, 0.5) is 4.79 Å². The number of aliphatic carboxylic acids is 1. The Bertz CT molecular complexity index is 990. The summed E-state index contributed by atoms with van der Waals surface area (Å²) in [5, 5.41) is 11.6.